The molecule has 2 aromatic rings. The van der Waals surface area contributed by atoms with Crippen LogP contribution >= 0.6 is 0 Å². The minimum atomic E-state index is -0.407. The molecule has 0 aliphatic carbocycles. The van der Waals surface area contributed by atoms with Gasteiger partial charge in [-0.25, -0.2) is 4.39 Å². The molecule has 26 heavy (non-hydrogen) atoms. The van der Waals surface area contributed by atoms with Crippen molar-refractivity contribution in [2.45, 2.75) is 18.9 Å². The lowest BCUT2D eigenvalue weighted by molar-refractivity contribution is -0.141. The molecule has 2 heterocycles. The molecule has 0 fully saturated rings. The molecule has 0 saturated heterocycles. The predicted octanol–water partition coefficient (Wildman–Crippen LogP) is 3.17. The van der Waals surface area contributed by atoms with E-state index in [1.54, 1.807) is 12.1 Å². The van der Waals surface area contributed by atoms with Crippen molar-refractivity contribution < 1.29 is 32.9 Å². The van der Waals surface area contributed by atoms with Gasteiger partial charge in [0.05, 0.1) is 20.1 Å². The van der Waals surface area contributed by atoms with Gasteiger partial charge in [-0.1, -0.05) is 6.07 Å². The van der Waals surface area contributed by atoms with Crippen molar-refractivity contribution in [1.29, 1.82) is 0 Å². The van der Waals surface area contributed by atoms with Gasteiger partial charge in [0.1, 0.15) is 23.9 Å². The van der Waals surface area contributed by atoms with Gasteiger partial charge < -0.3 is 23.7 Å². The number of methoxy groups -OCH3 is 1. The molecule has 2 aliphatic heterocycles. The average molecular weight is 360 g/mol. The second-order valence-electron chi connectivity index (χ2n) is 6.08. The Labute approximate surface area is 149 Å². The lowest BCUT2D eigenvalue weighted by Crippen LogP contribution is -2.09. The Kier molecular flexibility index (Phi) is 4.28. The zero-order valence-electron chi connectivity index (χ0n) is 14.1. The van der Waals surface area contributed by atoms with Crippen molar-refractivity contribution in [1.82, 2.24) is 0 Å². The fraction of sp³-hybridized carbons (Fsp3) is 0.316. The van der Waals surface area contributed by atoms with Crippen LogP contribution in [0.5, 0.6) is 23.0 Å². The van der Waals surface area contributed by atoms with E-state index in [0.717, 1.165) is 5.56 Å². The summed E-state index contributed by atoms with van der Waals surface area (Å²) in [6, 6.07) is 8.10. The normalized spacial score (nSPS) is 16.8. The Morgan fingerprint density at radius 3 is 2.92 bits per heavy atom. The number of carbonyl (C=O) groups excluding carboxylic acids is 1. The molecule has 0 aromatic heterocycles. The van der Waals surface area contributed by atoms with E-state index in [0.29, 0.717) is 35.2 Å². The maximum Gasteiger partial charge on any atom is 0.306 e. The second kappa shape index (κ2) is 6.74. The third-order valence-corrected chi connectivity index (χ3v) is 4.41. The summed E-state index contributed by atoms with van der Waals surface area (Å²) in [4.78, 5) is 11.5. The third-order valence-electron chi connectivity index (χ3n) is 4.41. The molecule has 0 saturated carbocycles. The molecule has 6 nitrogen and oxygen atoms in total. The molecule has 136 valence electrons. The summed E-state index contributed by atoms with van der Waals surface area (Å²) in [7, 11) is 1.37. The SMILES string of the molecule is COC(=O)C[C@@H]1COc2cc(OCc3cc(F)cc4c3OCO4)ccc21. The lowest BCUT2D eigenvalue weighted by Gasteiger charge is -2.11. The highest BCUT2D eigenvalue weighted by Gasteiger charge is 2.27. The number of ether oxygens (including phenoxy) is 5. The molecule has 0 N–H and O–H groups in total. The minimum absolute atomic E-state index is 0.0245. The van der Waals surface area contributed by atoms with Crippen LogP contribution in [0.1, 0.15) is 23.5 Å². The molecule has 1 atom stereocenters. The van der Waals surface area contributed by atoms with E-state index in [-0.39, 0.29) is 31.7 Å². The summed E-state index contributed by atoms with van der Waals surface area (Å²) in [6.45, 7) is 0.629. The van der Waals surface area contributed by atoms with Crippen molar-refractivity contribution in [3.05, 3.63) is 47.3 Å². The lowest BCUT2D eigenvalue weighted by atomic mass is 9.98. The maximum atomic E-state index is 13.7. The van der Waals surface area contributed by atoms with E-state index in [2.05, 4.69) is 0 Å². The number of fused-ring (bicyclic) bond motifs is 2. The van der Waals surface area contributed by atoms with Gasteiger partial charge in [-0.2, -0.15) is 0 Å². The van der Waals surface area contributed by atoms with Crippen molar-refractivity contribution in [2.24, 2.45) is 0 Å². The van der Waals surface area contributed by atoms with Crippen LogP contribution in [0.4, 0.5) is 4.39 Å². The smallest absolute Gasteiger partial charge is 0.306 e. The van der Waals surface area contributed by atoms with Crippen LogP contribution in [0.2, 0.25) is 0 Å². The molecule has 0 radical (unpaired) electrons. The molecule has 0 unspecified atom stereocenters. The first kappa shape index (κ1) is 16.5. The number of carbonyl (C=O) groups is 1. The van der Waals surface area contributed by atoms with Crippen LogP contribution in [0.15, 0.2) is 30.3 Å². The molecule has 0 spiro atoms. The number of halogens is 1. The topological polar surface area (TPSA) is 63.2 Å². The Balaban J connectivity index is 1.47. The quantitative estimate of drug-likeness (QED) is 0.763. The first-order chi connectivity index (χ1) is 12.6. The monoisotopic (exact) mass is 360 g/mol. The Morgan fingerprint density at radius 1 is 1.19 bits per heavy atom. The van der Waals surface area contributed by atoms with Crippen molar-refractivity contribution in [2.75, 3.05) is 20.5 Å². The zero-order chi connectivity index (χ0) is 18.1. The summed E-state index contributed by atoms with van der Waals surface area (Å²) in [5.74, 6) is 1.45. The van der Waals surface area contributed by atoms with Gasteiger partial charge in [-0.15, -0.1) is 0 Å². The second-order valence-corrected chi connectivity index (χ2v) is 6.08. The molecule has 0 bridgehead atoms. The molecule has 2 aromatic carbocycles. The molecule has 2 aliphatic rings. The number of benzene rings is 2. The fourth-order valence-corrected chi connectivity index (χ4v) is 3.11. The average Bonchev–Trinajstić information content (AvgIpc) is 3.26. The van der Waals surface area contributed by atoms with Gasteiger partial charge in [-0.05, 0) is 12.1 Å². The summed E-state index contributed by atoms with van der Waals surface area (Å²) in [6.07, 6.45) is 0.274. The number of esters is 1. The summed E-state index contributed by atoms with van der Waals surface area (Å²) < 4.78 is 40.4. The van der Waals surface area contributed by atoms with Gasteiger partial charge in [0.2, 0.25) is 6.79 Å². The van der Waals surface area contributed by atoms with Gasteiger partial charge in [0.25, 0.3) is 0 Å². The van der Waals surface area contributed by atoms with Gasteiger partial charge >= 0.3 is 5.97 Å². The highest BCUT2D eigenvalue weighted by atomic mass is 19.1. The fourth-order valence-electron chi connectivity index (χ4n) is 3.11. The standard InChI is InChI=1S/C19H17FO6/c1-22-18(21)5-11-8-24-16-7-14(2-3-15(11)16)23-9-12-4-13(20)6-17-19(12)26-10-25-17/h2-4,6-7,11H,5,8-10H2,1H3/t11-/m1/s1. The van der Waals surface area contributed by atoms with Crippen molar-refractivity contribution >= 4 is 5.97 Å². The van der Waals surface area contributed by atoms with Crippen LogP contribution in [0.3, 0.4) is 0 Å². The Bertz CT molecular complexity index is 850. The van der Waals surface area contributed by atoms with Gasteiger partial charge in [-0.3, -0.25) is 4.79 Å². The van der Waals surface area contributed by atoms with E-state index in [4.69, 9.17) is 23.7 Å². The number of hydrogen-bond donors (Lipinski definition) is 0. The van der Waals surface area contributed by atoms with Gasteiger partial charge in [0.15, 0.2) is 11.5 Å². The van der Waals surface area contributed by atoms with Crippen molar-refractivity contribution in [3.63, 3.8) is 0 Å². The number of rotatable bonds is 5. The Morgan fingerprint density at radius 2 is 2.08 bits per heavy atom. The van der Waals surface area contributed by atoms with Crippen LogP contribution in [-0.4, -0.2) is 26.5 Å². The van der Waals surface area contributed by atoms with Crippen molar-refractivity contribution in [3.8, 4) is 23.0 Å². The maximum absolute atomic E-state index is 13.7. The largest absolute Gasteiger partial charge is 0.492 e. The molecular formula is C19H17FO6. The van der Waals surface area contributed by atoms with E-state index in [9.17, 15) is 9.18 Å². The number of hydrogen-bond acceptors (Lipinski definition) is 6. The van der Waals surface area contributed by atoms with E-state index in [1.165, 1.54) is 19.2 Å². The first-order valence-electron chi connectivity index (χ1n) is 8.18. The van der Waals surface area contributed by atoms with Crippen LogP contribution in [0, 0.1) is 5.82 Å². The van der Waals surface area contributed by atoms with Crippen LogP contribution in [-0.2, 0) is 16.1 Å². The Hall–Kier alpha value is -2.96. The summed E-state index contributed by atoms with van der Waals surface area (Å²) in [5, 5.41) is 0. The highest BCUT2D eigenvalue weighted by Crippen LogP contribution is 2.40. The molecular weight excluding hydrogens is 343 g/mol. The van der Waals surface area contributed by atoms with E-state index >= 15 is 0 Å². The predicted molar refractivity (Wildman–Crippen MR) is 88.2 cm³/mol. The minimum Gasteiger partial charge on any atom is -0.492 e. The van der Waals surface area contributed by atoms with E-state index in [1.807, 2.05) is 6.07 Å². The third kappa shape index (κ3) is 3.12. The summed E-state index contributed by atoms with van der Waals surface area (Å²) in [5.41, 5.74) is 1.52. The first-order valence-corrected chi connectivity index (χ1v) is 8.18. The zero-order valence-corrected chi connectivity index (χ0v) is 14.1. The van der Waals surface area contributed by atoms with Gasteiger partial charge in [0, 0.05) is 29.2 Å². The van der Waals surface area contributed by atoms with E-state index < -0.39 is 5.82 Å². The summed E-state index contributed by atoms with van der Waals surface area (Å²) >= 11 is 0. The molecule has 7 heteroatoms. The van der Waals surface area contributed by atoms with Crippen LogP contribution < -0.4 is 18.9 Å². The molecule has 4 rings (SSSR count). The highest BCUT2D eigenvalue weighted by molar-refractivity contribution is 5.71. The van der Waals surface area contributed by atoms with Crippen LogP contribution in [0.25, 0.3) is 0 Å². The molecule has 0 amide bonds.